The van der Waals surface area contributed by atoms with Crippen molar-refractivity contribution in [3.63, 3.8) is 0 Å². The van der Waals surface area contributed by atoms with Gasteiger partial charge in [-0.2, -0.15) is 4.31 Å². The Morgan fingerprint density at radius 3 is 2.35 bits per heavy atom. The van der Waals surface area contributed by atoms with Crippen LogP contribution in [0, 0.1) is 0 Å². The fraction of sp³-hybridized carbons (Fsp3) is 0.500. The fourth-order valence-electron chi connectivity index (χ4n) is 1.79. The lowest BCUT2D eigenvalue weighted by atomic mass is 10.2. The first kappa shape index (κ1) is 12.4. The van der Waals surface area contributed by atoms with Crippen molar-refractivity contribution >= 4 is 15.7 Å². The molecule has 94 valence electrons. The minimum Gasteiger partial charge on any atom is -0.399 e. The van der Waals surface area contributed by atoms with E-state index >= 15 is 0 Å². The molecule has 1 aromatic carbocycles. The molecule has 0 amide bonds. The Hall–Kier alpha value is -1.07. The first-order chi connectivity index (χ1) is 8.04. The summed E-state index contributed by atoms with van der Waals surface area (Å²) in [6.45, 7) is 2.83. The van der Waals surface area contributed by atoms with Gasteiger partial charge < -0.3 is 5.73 Å². The molecule has 0 saturated heterocycles. The summed E-state index contributed by atoms with van der Waals surface area (Å²) < 4.78 is 25.7. The van der Waals surface area contributed by atoms with Crippen LogP contribution in [0.2, 0.25) is 0 Å². The molecule has 2 rings (SSSR count). The van der Waals surface area contributed by atoms with Crippen LogP contribution in [-0.4, -0.2) is 24.5 Å². The summed E-state index contributed by atoms with van der Waals surface area (Å²) in [6, 6.07) is 7.35. The topological polar surface area (TPSA) is 63.4 Å². The van der Waals surface area contributed by atoms with E-state index in [1.54, 1.807) is 16.4 Å². The van der Waals surface area contributed by atoms with E-state index in [0.717, 1.165) is 18.4 Å². The second kappa shape index (κ2) is 4.66. The zero-order chi connectivity index (χ0) is 12.5. The molecule has 5 heteroatoms. The van der Waals surface area contributed by atoms with Crippen molar-refractivity contribution in [3.8, 4) is 0 Å². The second-order valence-corrected chi connectivity index (χ2v) is 6.63. The van der Waals surface area contributed by atoms with Gasteiger partial charge in [0.05, 0.1) is 5.25 Å². The van der Waals surface area contributed by atoms with Gasteiger partial charge in [0.2, 0.25) is 10.0 Å². The Bertz CT molecular complexity index is 478. The van der Waals surface area contributed by atoms with Crippen molar-refractivity contribution in [2.24, 2.45) is 0 Å². The van der Waals surface area contributed by atoms with Crippen LogP contribution in [0.25, 0.3) is 0 Å². The molecule has 1 saturated carbocycles. The minimum absolute atomic E-state index is 0.142. The highest BCUT2D eigenvalue weighted by Gasteiger charge is 2.39. The molecule has 0 unspecified atom stereocenters. The molecule has 1 fully saturated rings. The fourth-order valence-corrected chi connectivity index (χ4v) is 3.63. The van der Waals surface area contributed by atoms with Crippen molar-refractivity contribution in [1.29, 1.82) is 0 Å². The standard InChI is InChI=1S/C12H18N2O2S/c1-2-14(17(15,16)12-7-8-12)9-10-3-5-11(13)6-4-10/h3-6,12H,2,7-9,13H2,1H3. The molecule has 0 radical (unpaired) electrons. The highest BCUT2D eigenvalue weighted by Crippen LogP contribution is 2.31. The Morgan fingerprint density at radius 2 is 1.88 bits per heavy atom. The van der Waals surface area contributed by atoms with Gasteiger partial charge in [0.1, 0.15) is 0 Å². The number of nitrogens with two attached hydrogens (primary N) is 1. The maximum absolute atomic E-state index is 12.1. The van der Waals surface area contributed by atoms with E-state index in [4.69, 9.17) is 5.73 Å². The molecule has 1 aliphatic carbocycles. The minimum atomic E-state index is -3.08. The average Bonchev–Trinajstić information content (AvgIpc) is 3.12. The molecule has 0 bridgehead atoms. The van der Waals surface area contributed by atoms with Crippen LogP contribution in [0.5, 0.6) is 0 Å². The Morgan fingerprint density at radius 1 is 1.29 bits per heavy atom. The van der Waals surface area contributed by atoms with E-state index in [2.05, 4.69) is 0 Å². The third-order valence-electron chi connectivity index (χ3n) is 3.00. The summed E-state index contributed by atoms with van der Waals surface area (Å²) in [7, 11) is -3.08. The third kappa shape index (κ3) is 2.79. The number of nitrogen functional groups attached to an aromatic ring is 1. The third-order valence-corrected chi connectivity index (χ3v) is 5.42. The Balaban J connectivity index is 2.12. The lowest BCUT2D eigenvalue weighted by Crippen LogP contribution is -2.33. The van der Waals surface area contributed by atoms with Gasteiger partial charge in [-0.25, -0.2) is 8.42 Å². The van der Waals surface area contributed by atoms with Gasteiger partial charge >= 0.3 is 0 Å². The summed E-state index contributed by atoms with van der Waals surface area (Å²) in [5, 5.41) is -0.142. The largest absolute Gasteiger partial charge is 0.399 e. The average molecular weight is 254 g/mol. The van der Waals surface area contributed by atoms with Gasteiger partial charge in [-0.3, -0.25) is 0 Å². The van der Waals surface area contributed by atoms with Crippen LogP contribution in [0.1, 0.15) is 25.3 Å². The predicted octanol–water partition coefficient (Wildman–Crippen LogP) is 1.58. The number of anilines is 1. The Labute approximate surface area is 102 Å². The van der Waals surface area contributed by atoms with Gasteiger partial charge in [-0.15, -0.1) is 0 Å². The van der Waals surface area contributed by atoms with E-state index in [-0.39, 0.29) is 5.25 Å². The molecule has 0 aromatic heterocycles. The smallest absolute Gasteiger partial charge is 0.217 e. The first-order valence-corrected chi connectivity index (χ1v) is 7.37. The molecular weight excluding hydrogens is 236 g/mol. The zero-order valence-corrected chi connectivity index (χ0v) is 10.8. The van der Waals surface area contributed by atoms with Crippen LogP contribution in [0.3, 0.4) is 0 Å². The molecule has 0 spiro atoms. The summed E-state index contributed by atoms with van der Waals surface area (Å²) in [6.07, 6.45) is 1.61. The van der Waals surface area contributed by atoms with Gasteiger partial charge in [0.15, 0.2) is 0 Å². The van der Waals surface area contributed by atoms with E-state index in [0.29, 0.717) is 18.8 Å². The van der Waals surface area contributed by atoms with E-state index in [1.807, 2.05) is 19.1 Å². The highest BCUT2D eigenvalue weighted by atomic mass is 32.2. The second-order valence-electron chi connectivity index (χ2n) is 4.41. The van der Waals surface area contributed by atoms with Crippen LogP contribution in [0.4, 0.5) is 5.69 Å². The summed E-state index contributed by atoms with van der Waals surface area (Å²) in [5.41, 5.74) is 7.28. The zero-order valence-electron chi connectivity index (χ0n) is 9.96. The first-order valence-electron chi connectivity index (χ1n) is 5.87. The van der Waals surface area contributed by atoms with Crippen LogP contribution in [-0.2, 0) is 16.6 Å². The lowest BCUT2D eigenvalue weighted by Gasteiger charge is -2.20. The van der Waals surface area contributed by atoms with Crippen molar-refractivity contribution < 1.29 is 8.42 Å². The normalized spacial score (nSPS) is 16.4. The van der Waals surface area contributed by atoms with Crippen molar-refractivity contribution in [1.82, 2.24) is 4.31 Å². The van der Waals surface area contributed by atoms with E-state index < -0.39 is 10.0 Å². The van der Waals surface area contributed by atoms with E-state index in [1.165, 1.54) is 0 Å². The van der Waals surface area contributed by atoms with Gasteiger partial charge in [-0.05, 0) is 30.5 Å². The summed E-state index contributed by atoms with van der Waals surface area (Å²) in [5.74, 6) is 0. The summed E-state index contributed by atoms with van der Waals surface area (Å²) >= 11 is 0. The monoisotopic (exact) mass is 254 g/mol. The number of rotatable bonds is 5. The maximum Gasteiger partial charge on any atom is 0.217 e. The Kier molecular flexibility index (Phi) is 3.40. The highest BCUT2D eigenvalue weighted by molar-refractivity contribution is 7.90. The number of hydrogen-bond acceptors (Lipinski definition) is 3. The van der Waals surface area contributed by atoms with Gasteiger partial charge in [-0.1, -0.05) is 19.1 Å². The number of benzene rings is 1. The van der Waals surface area contributed by atoms with Crippen molar-refractivity contribution in [2.75, 3.05) is 12.3 Å². The van der Waals surface area contributed by atoms with Crippen LogP contribution in [0.15, 0.2) is 24.3 Å². The van der Waals surface area contributed by atoms with E-state index in [9.17, 15) is 8.42 Å². The molecule has 0 atom stereocenters. The van der Waals surface area contributed by atoms with Gasteiger partial charge in [0.25, 0.3) is 0 Å². The summed E-state index contributed by atoms with van der Waals surface area (Å²) in [4.78, 5) is 0. The molecule has 0 aliphatic heterocycles. The quantitative estimate of drug-likeness (QED) is 0.811. The number of hydrogen-bond donors (Lipinski definition) is 1. The predicted molar refractivity (Wildman–Crippen MR) is 68.9 cm³/mol. The maximum atomic E-state index is 12.1. The van der Waals surface area contributed by atoms with Crippen LogP contribution >= 0.6 is 0 Å². The number of nitrogens with zero attached hydrogens (tertiary/aromatic N) is 1. The van der Waals surface area contributed by atoms with Crippen molar-refractivity contribution in [2.45, 2.75) is 31.6 Å². The van der Waals surface area contributed by atoms with Gasteiger partial charge in [0, 0.05) is 18.8 Å². The molecule has 1 aliphatic rings. The lowest BCUT2D eigenvalue weighted by molar-refractivity contribution is 0.422. The number of sulfonamides is 1. The molecule has 0 heterocycles. The molecular formula is C12H18N2O2S. The molecule has 4 nitrogen and oxygen atoms in total. The SMILES string of the molecule is CCN(Cc1ccc(N)cc1)S(=O)(=O)C1CC1. The van der Waals surface area contributed by atoms with Crippen molar-refractivity contribution in [3.05, 3.63) is 29.8 Å². The molecule has 2 N–H and O–H groups in total. The molecule has 1 aromatic rings. The van der Waals surface area contributed by atoms with Crippen LogP contribution < -0.4 is 5.73 Å². The molecule has 17 heavy (non-hydrogen) atoms.